The molecule has 1 saturated heterocycles. The predicted octanol–water partition coefficient (Wildman–Crippen LogP) is 3.80. The molecule has 0 radical (unpaired) electrons. The molecule has 0 aromatic heterocycles. The Kier molecular flexibility index (Phi) is 7.89. The van der Waals surface area contributed by atoms with Crippen molar-refractivity contribution in [3.05, 3.63) is 71.8 Å². The second kappa shape index (κ2) is 10.4. The van der Waals surface area contributed by atoms with Gasteiger partial charge in [-0.2, -0.15) is 0 Å². The van der Waals surface area contributed by atoms with Gasteiger partial charge in [0.2, 0.25) is 15.9 Å². The molecule has 168 valence electrons. The third kappa shape index (κ3) is 7.18. The molecule has 1 heterocycles. The van der Waals surface area contributed by atoms with Gasteiger partial charge < -0.3 is 5.32 Å². The molecule has 1 atom stereocenters. The number of benzene rings is 2. The van der Waals surface area contributed by atoms with Crippen molar-refractivity contribution < 1.29 is 13.2 Å². The van der Waals surface area contributed by atoms with Crippen LogP contribution in [0, 0.1) is 5.92 Å². The van der Waals surface area contributed by atoms with E-state index < -0.39 is 15.6 Å². The Hall–Kier alpha value is -2.18. The number of hydrogen-bond donors (Lipinski definition) is 1. The molecule has 6 heteroatoms. The van der Waals surface area contributed by atoms with Gasteiger partial charge in [0.1, 0.15) is 0 Å². The summed E-state index contributed by atoms with van der Waals surface area (Å²) in [5, 5.41) is 3.15. The molecule has 0 bridgehead atoms. The number of carbonyl (C=O) groups is 1. The molecule has 2 aromatic carbocycles. The van der Waals surface area contributed by atoms with E-state index in [0.717, 1.165) is 31.2 Å². The van der Waals surface area contributed by atoms with Crippen LogP contribution in [0.4, 0.5) is 0 Å². The molecule has 1 fully saturated rings. The van der Waals surface area contributed by atoms with E-state index in [1.54, 1.807) is 0 Å². The van der Waals surface area contributed by atoms with Gasteiger partial charge in [0.15, 0.2) is 0 Å². The largest absolute Gasteiger partial charge is 0.351 e. The number of sulfonamides is 1. The maximum Gasteiger partial charge on any atom is 0.224 e. The molecule has 1 N–H and O–H groups in total. The number of rotatable bonds is 9. The van der Waals surface area contributed by atoms with Gasteiger partial charge in [0.25, 0.3) is 0 Å². The molecule has 0 spiro atoms. The fourth-order valence-electron chi connectivity index (χ4n) is 4.23. The molecular formula is C25H34N2O3S. The lowest BCUT2D eigenvalue weighted by molar-refractivity contribution is -0.127. The molecule has 31 heavy (non-hydrogen) atoms. The Morgan fingerprint density at radius 3 is 2.29 bits per heavy atom. The number of carbonyl (C=O) groups excluding carboxylic acids is 1. The highest BCUT2D eigenvalue weighted by atomic mass is 32.2. The standard InChI is InChI=1S/C25H34N2O3S/c1-25(2,19-22-13-7-4-8-14-22)26-24(28)23-16-9-17-27(20-23)31(29,30)18-10-15-21-11-5-3-6-12-21/h3-8,11-14,23H,9-10,15-20H2,1-2H3,(H,26,28). The Morgan fingerprint density at radius 2 is 1.65 bits per heavy atom. The summed E-state index contributed by atoms with van der Waals surface area (Å²) in [5.41, 5.74) is 1.92. The van der Waals surface area contributed by atoms with Crippen molar-refractivity contribution in [3.63, 3.8) is 0 Å². The second-order valence-corrected chi connectivity index (χ2v) is 11.2. The highest BCUT2D eigenvalue weighted by Crippen LogP contribution is 2.22. The number of nitrogens with zero attached hydrogens (tertiary/aromatic N) is 1. The third-order valence-electron chi connectivity index (χ3n) is 5.81. The van der Waals surface area contributed by atoms with E-state index in [9.17, 15) is 13.2 Å². The summed E-state index contributed by atoms with van der Waals surface area (Å²) < 4.78 is 27.3. The van der Waals surface area contributed by atoms with Crippen LogP contribution in [0.1, 0.15) is 44.2 Å². The Morgan fingerprint density at radius 1 is 1.03 bits per heavy atom. The van der Waals surface area contributed by atoms with Crippen molar-refractivity contribution >= 4 is 15.9 Å². The maximum absolute atomic E-state index is 12.9. The van der Waals surface area contributed by atoms with Gasteiger partial charge in [-0.05, 0) is 57.1 Å². The predicted molar refractivity (Wildman–Crippen MR) is 125 cm³/mol. The van der Waals surface area contributed by atoms with E-state index in [1.165, 1.54) is 9.87 Å². The Labute approximate surface area is 186 Å². The first kappa shape index (κ1) is 23.5. The summed E-state index contributed by atoms with van der Waals surface area (Å²) in [6, 6.07) is 20.0. The van der Waals surface area contributed by atoms with Gasteiger partial charge in [-0.15, -0.1) is 0 Å². The molecule has 1 aliphatic rings. The normalized spacial score (nSPS) is 17.9. The summed E-state index contributed by atoms with van der Waals surface area (Å²) in [5.74, 6) is -0.228. The smallest absolute Gasteiger partial charge is 0.224 e. The van der Waals surface area contributed by atoms with Gasteiger partial charge in [-0.1, -0.05) is 60.7 Å². The molecule has 5 nitrogen and oxygen atoms in total. The molecule has 2 aromatic rings. The molecule has 0 aliphatic carbocycles. The minimum Gasteiger partial charge on any atom is -0.351 e. The van der Waals surface area contributed by atoms with Crippen molar-refractivity contribution in [2.24, 2.45) is 5.92 Å². The lowest BCUT2D eigenvalue weighted by Gasteiger charge is -2.34. The van der Waals surface area contributed by atoms with Crippen LogP contribution in [-0.2, 0) is 27.7 Å². The fourth-order valence-corrected chi connectivity index (χ4v) is 5.81. The minimum absolute atomic E-state index is 0.0508. The highest BCUT2D eigenvalue weighted by Gasteiger charge is 2.34. The van der Waals surface area contributed by atoms with Crippen LogP contribution in [0.2, 0.25) is 0 Å². The van der Waals surface area contributed by atoms with Gasteiger partial charge in [-0.25, -0.2) is 12.7 Å². The number of piperidine rings is 1. The molecule has 1 amide bonds. The average molecular weight is 443 g/mol. The van der Waals surface area contributed by atoms with Crippen molar-refractivity contribution in [3.8, 4) is 0 Å². The molecular weight excluding hydrogens is 408 g/mol. The van der Waals surface area contributed by atoms with Crippen LogP contribution >= 0.6 is 0 Å². The third-order valence-corrected chi connectivity index (χ3v) is 7.73. The van der Waals surface area contributed by atoms with E-state index in [0.29, 0.717) is 13.0 Å². The van der Waals surface area contributed by atoms with Crippen LogP contribution in [0.5, 0.6) is 0 Å². The van der Waals surface area contributed by atoms with Gasteiger partial charge >= 0.3 is 0 Å². The Balaban J connectivity index is 1.53. The van der Waals surface area contributed by atoms with E-state index in [2.05, 4.69) is 17.4 Å². The highest BCUT2D eigenvalue weighted by molar-refractivity contribution is 7.89. The van der Waals surface area contributed by atoms with Crippen LogP contribution in [-0.4, -0.2) is 43.0 Å². The first-order valence-electron chi connectivity index (χ1n) is 11.1. The first-order valence-corrected chi connectivity index (χ1v) is 12.7. The van der Waals surface area contributed by atoms with E-state index in [-0.39, 0.29) is 24.1 Å². The number of amides is 1. The summed E-state index contributed by atoms with van der Waals surface area (Å²) in [7, 11) is -3.36. The quantitative estimate of drug-likeness (QED) is 0.642. The van der Waals surface area contributed by atoms with Crippen molar-refractivity contribution in [1.82, 2.24) is 9.62 Å². The number of nitrogens with one attached hydrogen (secondary N) is 1. The maximum atomic E-state index is 12.9. The summed E-state index contributed by atoms with van der Waals surface area (Å²) in [6.45, 7) is 4.81. The van der Waals surface area contributed by atoms with Crippen molar-refractivity contribution in [2.45, 2.75) is 51.5 Å². The minimum atomic E-state index is -3.36. The monoisotopic (exact) mass is 442 g/mol. The summed E-state index contributed by atoms with van der Waals surface area (Å²) in [6.07, 6.45) is 3.50. The lowest BCUT2D eigenvalue weighted by Crippen LogP contribution is -2.51. The van der Waals surface area contributed by atoms with Crippen LogP contribution in [0.15, 0.2) is 60.7 Å². The summed E-state index contributed by atoms with van der Waals surface area (Å²) >= 11 is 0. The van der Waals surface area contributed by atoms with E-state index in [1.807, 2.05) is 62.4 Å². The molecule has 0 saturated carbocycles. The SMILES string of the molecule is CC(C)(Cc1ccccc1)NC(=O)C1CCCN(S(=O)(=O)CCCc2ccccc2)C1. The topological polar surface area (TPSA) is 66.5 Å². The number of hydrogen-bond acceptors (Lipinski definition) is 3. The number of aryl methyl sites for hydroxylation is 1. The molecule has 1 unspecified atom stereocenters. The fraction of sp³-hybridized carbons (Fsp3) is 0.480. The Bertz CT molecular complexity index is 943. The first-order chi connectivity index (χ1) is 14.8. The summed E-state index contributed by atoms with van der Waals surface area (Å²) in [4.78, 5) is 12.9. The van der Waals surface area contributed by atoms with E-state index in [4.69, 9.17) is 0 Å². The zero-order chi connectivity index (χ0) is 22.3. The second-order valence-electron chi connectivity index (χ2n) is 9.14. The van der Waals surface area contributed by atoms with Gasteiger partial charge in [0.05, 0.1) is 11.7 Å². The van der Waals surface area contributed by atoms with Crippen molar-refractivity contribution in [1.29, 1.82) is 0 Å². The lowest BCUT2D eigenvalue weighted by atomic mass is 9.92. The zero-order valence-corrected chi connectivity index (χ0v) is 19.4. The van der Waals surface area contributed by atoms with Crippen LogP contribution in [0.3, 0.4) is 0 Å². The molecule has 3 rings (SSSR count). The van der Waals surface area contributed by atoms with Crippen LogP contribution in [0.25, 0.3) is 0 Å². The van der Waals surface area contributed by atoms with E-state index >= 15 is 0 Å². The van der Waals surface area contributed by atoms with Gasteiger partial charge in [0, 0.05) is 18.6 Å². The average Bonchev–Trinajstić information content (AvgIpc) is 2.74. The zero-order valence-electron chi connectivity index (χ0n) is 18.6. The van der Waals surface area contributed by atoms with Crippen LogP contribution < -0.4 is 5.32 Å². The van der Waals surface area contributed by atoms with Crippen molar-refractivity contribution in [2.75, 3.05) is 18.8 Å². The molecule has 1 aliphatic heterocycles. The van der Waals surface area contributed by atoms with Gasteiger partial charge in [-0.3, -0.25) is 4.79 Å².